The first kappa shape index (κ1) is 24.8. The zero-order valence-electron chi connectivity index (χ0n) is 18.7. The highest BCUT2D eigenvalue weighted by Crippen LogP contribution is 2.23. The Morgan fingerprint density at radius 3 is 2.67 bits per heavy atom. The van der Waals surface area contributed by atoms with Gasteiger partial charge in [0.05, 0.1) is 6.54 Å². The Hall–Kier alpha value is -1.51. The molecule has 0 bridgehead atoms. The maximum absolute atomic E-state index is 12.3. The summed E-state index contributed by atoms with van der Waals surface area (Å²) < 4.78 is 0. The Kier molecular flexibility index (Phi) is 10.2. The van der Waals surface area contributed by atoms with Crippen molar-refractivity contribution in [2.45, 2.75) is 53.0 Å². The lowest BCUT2D eigenvalue weighted by Crippen LogP contribution is -2.40. The molecule has 0 aromatic heterocycles. The van der Waals surface area contributed by atoms with Gasteiger partial charge >= 0.3 is 6.03 Å². The summed E-state index contributed by atoms with van der Waals surface area (Å²) in [6, 6.07) is 8.05. The predicted octanol–water partition coefficient (Wildman–Crippen LogP) is 4.77. The second kappa shape index (κ2) is 12.4. The van der Waals surface area contributed by atoms with E-state index >= 15 is 0 Å². The average Bonchev–Trinajstić information content (AvgIpc) is 3.37. The number of anilines is 1. The number of guanidine groups is 1. The molecule has 2 saturated heterocycles. The molecule has 2 N–H and O–H groups in total. The molecule has 2 aliphatic heterocycles. The topological polar surface area (TPSA) is 60.0 Å². The fourth-order valence-corrected chi connectivity index (χ4v) is 4.35. The van der Waals surface area contributed by atoms with E-state index in [1.165, 1.54) is 12.8 Å². The summed E-state index contributed by atoms with van der Waals surface area (Å²) in [6.07, 6.45) is 4.74. The number of urea groups is 1. The number of rotatable bonds is 6. The molecule has 0 spiro atoms. The van der Waals surface area contributed by atoms with E-state index in [2.05, 4.69) is 42.4 Å². The summed E-state index contributed by atoms with van der Waals surface area (Å²) in [5, 5.41) is 6.48. The molecular weight excluding hydrogens is 489 g/mol. The van der Waals surface area contributed by atoms with E-state index in [4.69, 9.17) is 4.99 Å². The molecule has 1 aromatic rings. The summed E-state index contributed by atoms with van der Waals surface area (Å²) in [7, 11) is 0. The highest BCUT2D eigenvalue weighted by Gasteiger charge is 2.25. The Bertz CT molecular complexity index is 703. The molecule has 0 aliphatic carbocycles. The van der Waals surface area contributed by atoms with Gasteiger partial charge in [0.15, 0.2) is 5.96 Å². The van der Waals surface area contributed by atoms with Crippen LogP contribution in [0, 0.1) is 11.8 Å². The zero-order valence-corrected chi connectivity index (χ0v) is 21.0. The fourth-order valence-electron chi connectivity index (χ4n) is 4.35. The van der Waals surface area contributed by atoms with E-state index < -0.39 is 0 Å². The first-order valence-electron chi connectivity index (χ1n) is 11.2. The van der Waals surface area contributed by atoms with Crippen LogP contribution in [0.25, 0.3) is 0 Å². The molecular formula is C23H38IN5O. The molecule has 1 atom stereocenters. The Labute approximate surface area is 198 Å². The van der Waals surface area contributed by atoms with Crippen LogP contribution in [0.1, 0.15) is 52.0 Å². The average molecular weight is 527 g/mol. The number of nitrogens with zero attached hydrogens (tertiary/aromatic N) is 3. The molecule has 3 rings (SSSR count). The zero-order chi connectivity index (χ0) is 20.6. The number of halogens is 1. The maximum Gasteiger partial charge on any atom is 0.321 e. The Morgan fingerprint density at radius 1 is 1.20 bits per heavy atom. The van der Waals surface area contributed by atoms with Gasteiger partial charge in [-0.2, -0.15) is 0 Å². The lowest BCUT2D eigenvalue weighted by Gasteiger charge is -2.22. The van der Waals surface area contributed by atoms with E-state index in [1.54, 1.807) is 0 Å². The number of hydrogen-bond donors (Lipinski definition) is 2. The largest absolute Gasteiger partial charge is 0.357 e. The quantitative estimate of drug-likeness (QED) is 0.319. The molecule has 168 valence electrons. The number of nitrogens with one attached hydrogen (secondary N) is 2. The van der Waals surface area contributed by atoms with Crippen LogP contribution >= 0.6 is 24.0 Å². The van der Waals surface area contributed by atoms with Crippen molar-refractivity contribution < 1.29 is 4.79 Å². The summed E-state index contributed by atoms with van der Waals surface area (Å²) in [5.74, 6) is 2.52. The lowest BCUT2D eigenvalue weighted by molar-refractivity contribution is 0.222. The molecule has 7 heteroatoms. The first-order chi connectivity index (χ1) is 14.0. The molecule has 2 aliphatic rings. The molecule has 30 heavy (non-hydrogen) atoms. The summed E-state index contributed by atoms with van der Waals surface area (Å²) >= 11 is 0. The summed E-state index contributed by atoms with van der Waals surface area (Å²) in [4.78, 5) is 21.5. The minimum atomic E-state index is 0. The van der Waals surface area contributed by atoms with E-state index in [9.17, 15) is 4.79 Å². The number of benzene rings is 1. The van der Waals surface area contributed by atoms with E-state index in [-0.39, 0.29) is 30.0 Å². The summed E-state index contributed by atoms with van der Waals surface area (Å²) in [5.41, 5.74) is 1.95. The van der Waals surface area contributed by atoms with Gasteiger partial charge in [0.1, 0.15) is 0 Å². The van der Waals surface area contributed by atoms with Gasteiger partial charge in [-0.05, 0) is 62.1 Å². The monoisotopic (exact) mass is 527 g/mol. The van der Waals surface area contributed by atoms with Crippen LogP contribution in [0.3, 0.4) is 0 Å². The number of hydrogen-bond acceptors (Lipinski definition) is 2. The number of likely N-dealkylation sites (tertiary alicyclic amines) is 2. The van der Waals surface area contributed by atoms with Crippen LogP contribution in [0.5, 0.6) is 0 Å². The van der Waals surface area contributed by atoms with Crippen molar-refractivity contribution in [1.29, 1.82) is 0 Å². The first-order valence-corrected chi connectivity index (χ1v) is 11.2. The van der Waals surface area contributed by atoms with E-state index in [0.29, 0.717) is 6.54 Å². The number of amides is 2. The molecule has 1 unspecified atom stereocenters. The van der Waals surface area contributed by atoms with Crippen molar-refractivity contribution in [3.8, 4) is 0 Å². The molecule has 2 heterocycles. The fraction of sp³-hybridized carbons (Fsp3) is 0.652. The SMILES string of the molecule is CCNC(=NCc1cccc(NC(=O)N2CCCC2)c1)N1CCC(CC(C)C)C1.I. The predicted molar refractivity (Wildman–Crippen MR) is 136 cm³/mol. The molecule has 1 aromatic carbocycles. The van der Waals surface area contributed by atoms with Crippen molar-refractivity contribution in [1.82, 2.24) is 15.1 Å². The maximum atomic E-state index is 12.3. The summed E-state index contributed by atoms with van der Waals surface area (Å²) in [6.45, 7) is 12.1. The van der Waals surface area contributed by atoms with Crippen LogP contribution in [0.2, 0.25) is 0 Å². The normalized spacial score (nSPS) is 19.2. The van der Waals surface area contributed by atoms with Crippen molar-refractivity contribution in [3.63, 3.8) is 0 Å². The van der Waals surface area contributed by atoms with Crippen LogP contribution in [0.4, 0.5) is 10.5 Å². The van der Waals surface area contributed by atoms with Gasteiger partial charge in [-0.1, -0.05) is 26.0 Å². The van der Waals surface area contributed by atoms with Gasteiger partial charge in [-0.15, -0.1) is 24.0 Å². The molecule has 6 nitrogen and oxygen atoms in total. The second-order valence-corrected chi connectivity index (χ2v) is 8.73. The van der Waals surface area contributed by atoms with Crippen molar-refractivity contribution in [3.05, 3.63) is 29.8 Å². The number of carbonyl (C=O) groups is 1. The van der Waals surface area contributed by atoms with Crippen molar-refractivity contribution >= 4 is 41.7 Å². The highest BCUT2D eigenvalue weighted by molar-refractivity contribution is 14.0. The van der Waals surface area contributed by atoms with E-state index in [0.717, 1.165) is 74.6 Å². The molecule has 0 saturated carbocycles. The van der Waals surface area contributed by atoms with Gasteiger partial charge in [-0.3, -0.25) is 0 Å². The second-order valence-electron chi connectivity index (χ2n) is 8.73. The van der Waals surface area contributed by atoms with Crippen molar-refractivity contribution in [2.75, 3.05) is 38.0 Å². The molecule has 2 amide bonds. The van der Waals surface area contributed by atoms with Gasteiger partial charge < -0.3 is 20.4 Å². The lowest BCUT2D eigenvalue weighted by atomic mass is 9.97. The minimum Gasteiger partial charge on any atom is -0.357 e. The Balaban J connectivity index is 0.00000320. The minimum absolute atomic E-state index is 0. The van der Waals surface area contributed by atoms with Crippen LogP contribution in [-0.2, 0) is 6.54 Å². The van der Waals surface area contributed by atoms with E-state index in [1.807, 2.05) is 23.1 Å². The van der Waals surface area contributed by atoms with Gasteiger partial charge in [-0.25, -0.2) is 9.79 Å². The molecule has 2 fully saturated rings. The van der Waals surface area contributed by atoms with Crippen molar-refractivity contribution in [2.24, 2.45) is 16.8 Å². The number of aliphatic imine (C=N–C) groups is 1. The smallest absolute Gasteiger partial charge is 0.321 e. The van der Waals surface area contributed by atoms with Gasteiger partial charge in [0, 0.05) is 38.4 Å². The third-order valence-electron chi connectivity index (χ3n) is 5.71. The van der Waals surface area contributed by atoms with Gasteiger partial charge in [0.25, 0.3) is 0 Å². The van der Waals surface area contributed by atoms with Crippen LogP contribution in [-0.4, -0.2) is 54.5 Å². The standard InChI is InChI=1S/C23H37N5O.HI/c1-4-24-22(28-13-10-20(17-28)14-18(2)3)25-16-19-8-7-9-21(15-19)26-23(29)27-11-5-6-12-27;/h7-9,15,18,20H,4-6,10-14,16-17H2,1-3H3,(H,24,25)(H,26,29);1H. The third-order valence-corrected chi connectivity index (χ3v) is 5.71. The van der Waals surface area contributed by atoms with Crippen LogP contribution in [0.15, 0.2) is 29.3 Å². The Morgan fingerprint density at radius 2 is 1.97 bits per heavy atom. The molecule has 0 radical (unpaired) electrons. The number of carbonyl (C=O) groups excluding carboxylic acids is 1. The van der Waals surface area contributed by atoms with Crippen LogP contribution < -0.4 is 10.6 Å². The highest BCUT2D eigenvalue weighted by atomic mass is 127. The van der Waals surface area contributed by atoms with Gasteiger partial charge in [0.2, 0.25) is 0 Å². The third kappa shape index (κ3) is 7.32.